The average Bonchev–Trinajstić information content (AvgIpc) is 3.02. The van der Waals surface area contributed by atoms with E-state index >= 15 is 0 Å². The van der Waals surface area contributed by atoms with Gasteiger partial charge in [-0.1, -0.05) is 44.1 Å². The minimum atomic E-state index is 0.832. The van der Waals surface area contributed by atoms with Crippen LogP contribution in [0.2, 0.25) is 0 Å². The molecule has 0 unspecified atom stereocenters. The Morgan fingerprint density at radius 1 is 0.962 bits per heavy atom. The van der Waals surface area contributed by atoms with E-state index in [-0.39, 0.29) is 0 Å². The van der Waals surface area contributed by atoms with Crippen molar-refractivity contribution in [3.63, 3.8) is 0 Å². The van der Waals surface area contributed by atoms with Crippen molar-refractivity contribution in [3.8, 4) is 11.1 Å². The van der Waals surface area contributed by atoms with Gasteiger partial charge < -0.3 is 10.2 Å². The highest BCUT2D eigenvalue weighted by Crippen LogP contribution is 2.39. The summed E-state index contributed by atoms with van der Waals surface area (Å²) in [4.78, 5) is 2.29. The lowest BCUT2D eigenvalue weighted by Crippen LogP contribution is -2.23. The largest absolute Gasteiger partial charge is 0.385 e. The Morgan fingerprint density at radius 2 is 1.77 bits per heavy atom. The second-order valence-corrected chi connectivity index (χ2v) is 7.01. The van der Waals surface area contributed by atoms with E-state index in [1.165, 1.54) is 52.9 Å². The Bertz CT molecular complexity index is 766. The zero-order valence-corrected chi connectivity index (χ0v) is 15.9. The van der Waals surface area contributed by atoms with Crippen molar-refractivity contribution < 1.29 is 0 Å². The molecule has 2 heteroatoms. The molecular formula is C24H30N2. The molecule has 2 nitrogen and oxygen atoms in total. The third-order valence-electron chi connectivity index (χ3n) is 5.04. The van der Waals surface area contributed by atoms with E-state index in [1.807, 2.05) is 12.2 Å². The monoisotopic (exact) mass is 346 g/mol. The third kappa shape index (κ3) is 4.01. The number of rotatable bonds is 10. The molecule has 1 aliphatic rings. The molecule has 0 aromatic heterocycles. The lowest BCUT2D eigenvalue weighted by molar-refractivity contribution is 0.744. The van der Waals surface area contributed by atoms with E-state index in [0.29, 0.717) is 0 Å². The second-order valence-electron chi connectivity index (χ2n) is 7.01. The maximum Gasteiger partial charge on any atom is 0.0378 e. The summed E-state index contributed by atoms with van der Waals surface area (Å²) in [6.07, 6.45) is 8.70. The predicted octanol–water partition coefficient (Wildman–Crippen LogP) is 6.04. The van der Waals surface area contributed by atoms with E-state index in [2.05, 4.69) is 66.7 Å². The maximum atomic E-state index is 3.88. The van der Waals surface area contributed by atoms with Crippen LogP contribution in [0.1, 0.15) is 37.3 Å². The highest BCUT2D eigenvalue weighted by molar-refractivity contribution is 5.81. The standard InChI is InChI=1S/C24H30N2/c1-4-7-8-13-25-21-10-12-23-20(17-21)16-19-9-11-22(18-24(19)23)26(14-5-2)15-6-3/h5-6,9-12,17-18,25H,2-4,7-8,13-16H2,1H3. The van der Waals surface area contributed by atoms with E-state index in [0.717, 1.165) is 26.1 Å². The number of unbranched alkanes of at least 4 members (excludes halogenated alkanes) is 2. The Morgan fingerprint density at radius 3 is 2.50 bits per heavy atom. The molecule has 136 valence electrons. The van der Waals surface area contributed by atoms with Gasteiger partial charge in [0.2, 0.25) is 0 Å². The number of hydrogen-bond donors (Lipinski definition) is 1. The van der Waals surface area contributed by atoms with Crippen LogP contribution in [0.15, 0.2) is 61.7 Å². The summed E-state index contributed by atoms with van der Waals surface area (Å²) >= 11 is 0. The van der Waals surface area contributed by atoms with Crippen LogP contribution in [-0.2, 0) is 6.42 Å². The zero-order chi connectivity index (χ0) is 18.4. The summed E-state index contributed by atoms with van der Waals surface area (Å²) < 4.78 is 0. The molecule has 0 saturated carbocycles. The van der Waals surface area contributed by atoms with Crippen molar-refractivity contribution in [1.29, 1.82) is 0 Å². The second kappa shape index (κ2) is 8.75. The third-order valence-corrected chi connectivity index (χ3v) is 5.04. The maximum absolute atomic E-state index is 3.88. The zero-order valence-electron chi connectivity index (χ0n) is 15.9. The highest BCUT2D eigenvalue weighted by atomic mass is 15.1. The van der Waals surface area contributed by atoms with E-state index in [1.54, 1.807) is 0 Å². The molecule has 2 aromatic carbocycles. The van der Waals surface area contributed by atoms with Crippen molar-refractivity contribution in [2.75, 3.05) is 29.9 Å². The molecule has 0 radical (unpaired) electrons. The fourth-order valence-corrected chi connectivity index (χ4v) is 3.69. The molecule has 0 atom stereocenters. The first-order valence-corrected chi connectivity index (χ1v) is 9.73. The lowest BCUT2D eigenvalue weighted by atomic mass is 10.0. The number of benzene rings is 2. The quantitative estimate of drug-likeness (QED) is 0.356. The van der Waals surface area contributed by atoms with Gasteiger partial charge in [0.05, 0.1) is 0 Å². The van der Waals surface area contributed by atoms with Crippen molar-refractivity contribution >= 4 is 11.4 Å². The van der Waals surface area contributed by atoms with Crippen molar-refractivity contribution in [3.05, 3.63) is 72.8 Å². The van der Waals surface area contributed by atoms with Crippen molar-refractivity contribution in [2.45, 2.75) is 32.6 Å². The highest BCUT2D eigenvalue weighted by Gasteiger charge is 2.20. The van der Waals surface area contributed by atoms with Crippen molar-refractivity contribution in [2.24, 2.45) is 0 Å². The Kier molecular flexibility index (Phi) is 6.17. The van der Waals surface area contributed by atoms with Gasteiger partial charge in [0.1, 0.15) is 0 Å². The molecule has 26 heavy (non-hydrogen) atoms. The van der Waals surface area contributed by atoms with Gasteiger partial charge in [-0.3, -0.25) is 0 Å². The fraction of sp³-hybridized carbons (Fsp3) is 0.333. The van der Waals surface area contributed by atoms with Crippen LogP contribution in [-0.4, -0.2) is 19.6 Å². The van der Waals surface area contributed by atoms with E-state index in [9.17, 15) is 0 Å². The van der Waals surface area contributed by atoms with Gasteiger partial charge >= 0.3 is 0 Å². The molecule has 2 aromatic rings. The van der Waals surface area contributed by atoms with Crippen LogP contribution in [0, 0.1) is 0 Å². The van der Waals surface area contributed by atoms with Gasteiger partial charge in [-0.05, 0) is 59.4 Å². The summed E-state index contributed by atoms with van der Waals surface area (Å²) in [6, 6.07) is 13.6. The SMILES string of the molecule is C=CCN(CC=C)c1ccc2c(c1)-c1ccc(NCCCCC)cc1C2. The lowest BCUT2D eigenvalue weighted by Gasteiger charge is -2.22. The molecule has 3 rings (SSSR count). The fourth-order valence-electron chi connectivity index (χ4n) is 3.69. The van der Waals surface area contributed by atoms with Gasteiger partial charge in [0.25, 0.3) is 0 Å². The normalized spacial score (nSPS) is 11.6. The van der Waals surface area contributed by atoms with E-state index < -0.39 is 0 Å². The van der Waals surface area contributed by atoms with Crippen LogP contribution >= 0.6 is 0 Å². The molecule has 0 aliphatic heterocycles. The van der Waals surface area contributed by atoms with Crippen molar-refractivity contribution in [1.82, 2.24) is 0 Å². The minimum absolute atomic E-state index is 0.832. The summed E-state index contributed by atoms with van der Waals surface area (Å²) in [5, 5.41) is 3.57. The Labute approximate surface area is 158 Å². The number of fused-ring (bicyclic) bond motifs is 3. The van der Waals surface area contributed by atoms with Gasteiger partial charge in [0.15, 0.2) is 0 Å². The number of hydrogen-bond acceptors (Lipinski definition) is 2. The van der Waals surface area contributed by atoms with Gasteiger partial charge in [-0.25, -0.2) is 0 Å². The van der Waals surface area contributed by atoms with Crippen LogP contribution in [0.5, 0.6) is 0 Å². The predicted molar refractivity (Wildman–Crippen MR) is 115 cm³/mol. The Balaban J connectivity index is 1.80. The topological polar surface area (TPSA) is 15.3 Å². The molecule has 0 fully saturated rings. The first-order chi connectivity index (χ1) is 12.8. The first kappa shape index (κ1) is 18.3. The Hall–Kier alpha value is -2.48. The molecule has 0 amide bonds. The molecule has 0 heterocycles. The molecule has 1 N–H and O–H groups in total. The summed E-state index contributed by atoms with van der Waals surface area (Å²) in [7, 11) is 0. The minimum Gasteiger partial charge on any atom is -0.385 e. The summed E-state index contributed by atoms with van der Waals surface area (Å²) in [5.74, 6) is 0. The van der Waals surface area contributed by atoms with Crippen LogP contribution in [0.4, 0.5) is 11.4 Å². The summed E-state index contributed by atoms with van der Waals surface area (Å²) in [6.45, 7) is 12.7. The smallest absolute Gasteiger partial charge is 0.0378 e. The van der Waals surface area contributed by atoms with E-state index in [4.69, 9.17) is 0 Å². The van der Waals surface area contributed by atoms with Crippen LogP contribution in [0.3, 0.4) is 0 Å². The molecule has 1 aliphatic carbocycles. The average molecular weight is 347 g/mol. The molecular weight excluding hydrogens is 316 g/mol. The van der Waals surface area contributed by atoms with Crippen LogP contribution < -0.4 is 10.2 Å². The first-order valence-electron chi connectivity index (χ1n) is 9.73. The molecule has 0 bridgehead atoms. The number of nitrogens with one attached hydrogen (secondary N) is 1. The van der Waals surface area contributed by atoms with Crippen LogP contribution in [0.25, 0.3) is 11.1 Å². The summed E-state index contributed by atoms with van der Waals surface area (Å²) in [5.41, 5.74) is 8.07. The molecule has 0 saturated heterocycles. The number of nitrogens with zero attached hydrogens (tertiary/aromatic N) is 1. The van der Waals surface area contributed by atoms with Gasteiger partial charge in [0, 0.05) is 31.0 Å². The number of anilines is 2. The molecule has 0 spiro atoms. The van der Waals surface area contributed by atoms with Gasteiger partial charge in [-0.2, -0.15) is 0 Å². The van der Waals surface area contributed by atoms with Gasteiger partial charge in [-0.15, -0.1) is 13.2 Å².